The minimum Gasteiger partial charge on any atom is -0.323 e. The van der Waals surface area contributed by atoms with Gasteiger partial charge in [-0.3, -0.25) is 4.98 Å². The summed E-state index contributed by atoms with van der Waals surface area (Å²) in [5, 5.41) is 0. The quantitative estimate of drug-likeness (QED) is 0.823. The van der Waals surface area contributed by atoms with E-state index in [2.05, 4.69) is 4.98 Å². The summed E-state index contributed by atoms with van der Waals surface area (Å²) in [6.45, 7) is 0. The van der Waals surface area contributed by atoms with Crippen molar-refractivity contribution in [2.45, 2.75) is 25.1 Å². The Morgan fingerprint density at radius 1 is 1.31 bits per heavy atom. The van der Waals surface area contributed by atoms with Crippen molar-refractivity contribution in [2.24, 2.45) is 5.73 Å². The zero-order valence-electron chi connectivity index (χ0n) is 8.01. The SMILES string of the molecule is NC(Cc1ccncc1C(F)(F)F)C(F)F. The van der Waals surface area contributed by atoms with E-state index in [1.54, 1.807) is 0 Å². The van der Waals surface area contributed by atoms with E-state index < -0.39 is 30.6 Å². The Morgan fingerprint density at radius 3 is 2.44 bits per heavy atom. The van der Waals surface area contributed by atoms with Crippen molar-refractivity contribution in [3.05, 3.63) is 29.6 Å². The number of hydrogen-bond donors (Lipinski definition) is 1. The van der Waals surface area contributed by atoms with Crippen LogP contribution < -0.4 is 5.73 Å². The van der Waals surface area contributed by atoms with Crippen LogP contribution in [0.25, 0.3) is 0 Å². The van der Waals surface area contributed by atoms with E-state index >= 15 is 0 Å². The molecule has 16 heavy (non-hydrogen) atoms. The van der Waals surface area contributed by atoms with Gasteiger partial charge in [-0.1, -0.05) is 0 Å². The summed E-state index contributed by atoms with van der Waals surface area (Å²) in [7, 11) is 0. The predicted octanol–water partition coefficient (Wildman–Crippen LogP) is 2.24. The molecule has 0 aliphatic carbocycles. The highest BCUT2D eigenvalue weighted by Gasteiger charge is 2.34. The third-order valence-electron chi connectivity index (χ3n) is 2.00. The highest BCUT2D eigenvalue weighted by atomic mass is 19.4. The molecule has 0 bridgehead atoms. The maximum Gasteiger partial charge on any atom is 0.418 e. The Hall–Kier alpha value is -1.24. The Kier molecular flexibility index (Phi) is 3.79. The van der Waals surface area contributed by atoms with Gasteiger partial charge in [-0.25, -0.2) is 8.78 Å². The van der Waals surface area contributed by atoms with Crippen LogP contribution >= 0.6 is 0 Å². The van der Waals surface area contributed by atoms with Crippen molar-refractivity contribution < 1.29 is 22.0 Å². The average Bonchev–Trinajstić information content (AvgIpc) is 2.16. The Morgan fingerprint density at radius 2 is 1.94 bits per heavy atom. The second-order valence-electron chi connectivity index (χ2n) is 3.23. The Balaban J connectivity index is 2.96. The molecule has 0 aliphatic rings. The standard InChI is InChI=1S/C9H9F5N2/c10-8(11)7(15)3-5-1-2-16-4-6(5)9(12,13)14/h1-2,4,7-8H,3,15H2. The Bertz CT molecular complexity index is 350. The molecule has 7 heteroatoms. The number of halogens is 5. The van der Waals surface area contributed by atoms with Gasteiger partial charge in [0.15, 0.2) is 0 Å². The van der Waals surface area contributed by atoms with Crippen LogP contribution in [-0.2, 0) is 12.6 Å². The lowest BCUT2D eigenvalue weighted by atomic mass is 10.0. The van der Waals surface area contributed by atoms with Gasteiger partial charge in [0.25, 0.3) is 6.43 Å². The molecule has 1 atom stereocenters. The first-order valence-electron chi connectivity index (χ1n) is 4.36. The third kappa shape index (κ3) is 3.13. The summed E-state index contributed by atoms with van der Waals surface area (Å²) < 4.78 is 61.5. The monoisotopic (exact) mass is 240 g/mol. The molecule has 90 valence electrons. The molecule has 0 saturated heterocycles. The van der Waals surface area contributed by atoms with E-state index in [-0.39, 0.29) is 5.56 Å². The average molecular weight is 240 g/mol. The van der Waals surface area contributed by atoms with Gasteiger partial charge in [-0.05, 0) is 18.1 Å². The second kappa shape index (κ2) is 4.73. The number of nitrogens with two attached hydrogens (primary N) is 1. The minimum absolute atomic E-state index is 0.268. The fraction of sp³-hybridized carbons (Fsp3) is 0.444. The van der Waals surface area contributed by atoms with Crippen molar-refractivity contribution in [3.8, 4) is 0 Å². The van der Waals surface area contributed by atoms with Crippen LogP contribution in [0.5, 0.6) is 0 Å². The van der Waals surface area contributed by atoms with Gasteiger partial charge in [0, 0.05) is 12.4 Å². The summed E-state index contributed by atoms with van der Waals surface area (Å²) in [4.78, 5) is 3.32. The zero-order chi connectivity index (χ0) is 12.3. The number of hydrogen-bond acceptors (Lipinski definition) is 2. The summed E-state index contributed by atoms with van der Waals surface area (Å²) in [5.74, 6) is 0. The predicted molar refractivity (Wildman–Crippen MR) is 46.9 cm³/mol. The maximum absolute atomic E-state index is 12.4. The van der Waals surface area contributed by atoms with Crippen molar-refractivity contribution in [3.63, 3.8) is 0 Å². The molecule has 1 aromatic heterocycles. The van der Waals surface area contributed by atoms with Gasteiger partial charge in [0.1, 0.15) is 0 Å². The normalized spacial score (nSPS) is 14.2. The van der Waals surface area contributed by atoms with Crippen LogP contribution in [-0.4, -0.2) is 17.5 Å². The molecule has 0 aromatic carbocycles. The molecule has 2 N–H and O–H groups in total. The van der Waals surface area contributed by atoms with Crippen LogP contribution in [0.15, 0.2) is 18.5 Å². The van der Waals surface area contributed by atoms with Crippen LogP contribution in [0.3, 0.4) is 0 Å². The number of alkyl halides is 5. The topological polar surface area (TPSA) is 38.9 Å². The van der Waals surface area contributed by atoms with Gasteiger partial charge in [0.05, 0.1) is 11.6 Å². The molecule has 2 nitrogen and oxygen atoms in total. The first-order valence-corrected chi connectivity index (χ1v) is 4.36. The number of pyridine rings is 1. The molecule has 0 radical (unpaired) electrons. The van der Waals surface area contributed by atoms with Crippen LogP contribution in [0, 0.1) is 0 Å². The van der Waals surface area contributed by atoms with Crippen LogP contribution in [0.1, 0.15) is 11.1 Å². The molecule has 1 unspecified atom stereocenters. The highest BCUT2D eigenvalue weighted by molar-refractivity contribution is 5.27. The fourth-order valence-corrected chi connectivity index (χ4v) is 1.20. The molecular formula is C9H9F5N2. The van der Waals surface area contributed by atoms with Gasteiger partial charge >= 0.3 is 6.18 Å². The molecule has 1 rings (SSSR count). The van der Waals surface area contributed by atoms with Crippen molar-refractivity contribution in [2.75, 3.05) is 0 Å². The highest BCUT2D eigenvalue weighted by Crippen LogP contribution is 2.31. The lowest BCUT2D eigenvalue weighted by molar-refractivity contribution is -0.138. The summed E-state index contributed by atoms with van der Waals surface area (Å²) in [6, 6.07) is -0.561. The summed E-state index contributed by atoms with van der Waals surface area (Å²) in [6.07, 6.45) is -6.27. The first-order chi connectivity index (χ1) is 7.32. The summed E-state index contributed by atoms with van der Waals surface area (Å²) >= 11 is 0. The minimum atomic E-state index is -4.61. The largest absolute Gasteiger partial charge is 0.418 e. The van der Waals surface area contributed by atoms with E-state index in [0.29, 0.717) is 6.20 Å². The molecule has 0 amide bonds. The van der Waals surface area contributed by atoms with Crippen molar-refractivity contribution in [1.29, 1.82) is 0 Å². The number of rotatable bonds is 3. The van der Waals surface area contributed by atoms with E-state index in [1.807, 2.05) is 0 Å². The van der Waals surface area contributed by atoms with Gasteiger partial charge in [-0.2, -0.15) is 13.2 Å². The molecule has 0 fully saturated rings. The third-order valence-corrected chi connectivity index (χ3v) is 2.00. The maximum atomic E-state index is 12.4. The lowest BCUT2D eigenvalue weighted by Crippen LogP contribution is -2.31. The summed E-state index contributed by atoms with van der Waals surface area (Å²) in [5.41, 5.74) is 3.73. The molecule has 1 aromatic rings. The number of nitrogens with zero attached hydrogens (tertiary/aromatic N) is 1. The van der Waals surface area contributed by atoms with Crippen molar-refractivity contribution >= 4 is 0 Å². The zero-order valence-corrected chi connectivity index (χ0v) is 8.01. The van der Waals surface area contributed by atoms with E-state index in [9.17, 15) is 22.0 Å². The van der Waals surface area contributed by atoms with Gasteiger partial charge in [0.2, 0.25) is 0 Å². The first kappa shape index (κ1) is 12.8. The second-order valence-corrected chi connectivity index (χ2v) is 3.23. The molecular weight excluding hydrogens is 231 g/mol. The smallest absolute Gasteiger partial charge is 0.323 e. The van der Waals surface area contributed by atoms with Gasteiger partial charge in [-0.15, -0.1) is 0 Å². The van der Waals surface area contributed by atoms with Crippen LogP contribution in [0.2, 0.25) is 0 Å². The molecule has 0 spiro atoms. The molecule has 0 saturated carbocycles. The molecule has 1 heterocycles. The Labute approximate surface area is 88.3 Å². The lowest BCUT2D eigenvalue weighted by Gasteiger charge is -2.15. The van der Waals surface area contributed by atoms with Crippen LogP contribution in [0.4, 0.5) is 22.0 Å². The molecule has 0 aliphatic heterocycles. The van der Waals surface area contributed by atoms with E-state index in [0.717, 1.165) is 12.3 Å². The van der Waals surface area contributed by atoms with E-state index in [1.165, 1.54) is 0 Å². The van der Waals surface area contributed by atoms with Crippen molar-refractivity contribution in [1.82, 2.24) is 4.98 Å². The fourth-order valence-electron chi connectivity index (χ4n) is 1.20. The van der Waals surface area contributed by atoms with Gasteiger partial charge < -0.3 is 5.73 Å². The van der Waals surface area contributed by atoms with E-state index in [4.69, 9.17) is 5.73 Å². The number of aromatic nitrogens is 1.